The summed E-state index contributed by atoms with van der Waals surface area (Å²) in [5.74, 6) is 0.547. The lowest BCUT2D eigenvalue weighted by Gasteiger charge is -2.25. The van der Waals surface area contributed by atoms with Gasteiger partial charge in [0.15, 0.2) is 11.5 Å². The largest absolute Gasteiger partial charge is 0.330 e. The minimum Gasteiger partial charge on any atom is -0.330 e. The van der Waals surface area contributed by atoms with Gasteiger partial charge in [-0.3, -0.25) is 0 Å². The summed E-state index contributed by atoms with van der Waals surface area (Å²) >= 11 is 0. The van der Waals surface area contributed by atoms with Gasteiger partial charge >= 0.3 is 0 Å². The number of aliphatic imine (C=N–C) groups is 4. The molecule has 0 saturated heterocycles. The third-order valence-electron chi connectivity index (χ3n) is 1.98. The van der Waals surface area contributed by atoms with E-state index >= 15 is 0 Å². The van der Waals surface area contributed by atoms with Crippen LogP contribution in [0.2, 0.25) is 0 Å². The van der Waals surface area contributed by atoms with Gasteiger partial charge in [0.1, 0.15) is 18.4 Å². The molecular formula is C7H10N6. The van der Waals surface area contributed by atoms with Gasteiger partial charge in [0, 0.05) is 6.42 Å². The van der Waals surface area contributed by atoms with E-state index in [1.807, 2.05) is 0 Å². The first-order chi connectivity index (χ1) is 6.26. The first-order valence-electron chi connectivity index (χ1n) is 3.98. The summed E-state index contributed by atoms with van der Waals surface area (Å²) in [5, 5.41) is 0. The fraction of sp³-hybridized carbons (Fsp3) is 0.429. The van der Waals surface area contributed by atoms with Gasteiger partial charge in [0.25, 0.3) is 0 Å². The predicted octanol–water partition coefficient (Wildman–Crippen LogP) is -1.09. The Morgan fingerprint density at radius 1 is 1.31 bits per heavy atom. The normalized spacial score (nSPS) is 30.0. The van der Waals surface area contributed by atoms with Crippen molar-refractivity contribution in [3.8, 4) is 0 Å². The SMILES string of the molecule is NCCC1(N)N=CN=C2N=CN=C21. The number of amidine groups is 1. The van der Waals surface area contributed by atoms with Crippen molar-refractivity contribution in [1.82, 2.24) is 0 Å². The molecule has 6 nitrogen and oxygen atoms in total. The van der Waals surface area contributed by atoms with Gasteiger partial charge in [0.05, 0.1) is 0 Å². The number of nitrogens with zero attached hydrogens (tertiary/aromatic N) is 4. The number of nitrogens with two attached hydrogens (primary N) is 2. The fourth-order valence-corrected chi connectivity index (χ4v) is 1.31. The Morgan fingerprint density at radius 2 is 2.15 bits per heavy atom. The second-order valence-electron chi connectivity index (χ2n) is 2.88. The van der Waals surface area contributed by atoms with Gasteiger partial charge in [-0.2, -0.15) is 0 Å². The number of hydrogen-bond acceptors (Lipinski definition) is 6. The molecule has 0 aromatic carbocycles. The average molecular weight is 178 g/mol. The van der Waals surface area contributed by atoms with Crippen LogP contribution in [0.4, 0.5) is 0 Å². The first-order valence-corrected chi connectivity index (χ1v) is 3.98. The Morgan fingerprint density at radius 3 is 2.92 bits per heavy atom. The Bertz CT molecular complexity index is 339. The fourth-order valence-electron chi connectivity index (χ4n) is 1.31. The topological polar surface area (TPSA) is 101 Å². The lowest BCUT2D eigenvalue weighted by molar-refractivity contribution is 0.557. The summed E-state index contributed by atoms with van der Waals surface area (Å²) in [6, 6.07) is 0. The molecule has 0 spiro atoms. The second-order valence-corrected chi connectivity index (χ2v) is 2.88. The third kappa shape index (κ3) is 1.20. The molecule has 2 heterocycles. The lowest BCUT2D eigenvalue weighted by Crippen LogP contribution is -2.51. The van der Waals surface area contributed by atoms with Crippen LogP contribution in [-0.2, 0) is 0 Å². The van der Waals surface area contributed by atoms with Crippen LogP contribution in [0.1, 0.15) is 6.42 Å². The Labute approximate surface area is 75.2 Å². The maximum Gasteiger partial charge on any atom is 0.180 e. The van der Waals surface area contributed by atoms with E-state index in [4.69, 9.17) is 11.5 Å². The maximum absolute atomic E-state index is 5.99. The van der Waals surface area contributed by atoms with Crippen LogP contribution in [0, 0.1) is 0 Å². The number of fused-ring (bicyclic) bond motifs is 1. The summed E-state index contributed by atoms with van der Waals surface area (Å²) < 4.78 is 0. The van der Waals surface area contributed by atoms with Crippen LogP contribution in [-0.4, -0.2) is 36.4 Å². The van der Waals surface area contributed by atoms with Gasteiger partial charge in [-0.1, -0.05) is 0 Å². The molecule has 1 unspecified atom stereocenters. The highest BCUT2D eigenvalue weighted by molar-refractivity contribution is 6.50. The molecule has 13 heavy (non-hydrogen) atoms. The summed E-state index contributed by atoms with van der Waals surface area (Å²) in [6.07, 6.45) is 3.39. The number of rotatable bonds is 2. The zero-order valence-electron chi connectivity index (χ0n) is 7.01. The standard InChI is InChI=1S/C7H10N6/c8-2-1-7(9)5-6(11-3-10-5)12-4-13-7/h3-4H,1-2,8-9H2. The molecule has 0 aliphatic carbocycles. The Hall–Kier alpha value is -1.40. The molecule has 4 N–H and O–H groups in total. The molecule has 0 saturated carbocycles. The molecule has 2 aliphatic heterocycles. The van der Waals surface area contributed by atoms with Gasteiger partial charge in [0.2, 0.25) is 0 Å². The maximum atomic E-state index is 5.99. The van der Waals surface area contributed by atoms with Gasteiger partial charge < -0.3 is 11.5 Å². The van der Waals surface area contributed by atoms with Crippen molar-refractivity contribution in [3.05, 3.63) is 0 Å². The van der Waals surface area contributed by atoms with Crippen LogP contribution in [0.15, 0.2) is 20.0 Å². The molecule has 0 aromatic heterocycles. The number of hydrogen-bond donors (Lipinski definition) is 2. The van der Waals surface area contributed by atoms with Crippen molar-refractivity contribution >= 4 is 24.2 Å². The highest BCUT2D eigenvalue weighted by atomic mass is 15.2. The van der Waals surface area contributed by atoms with Crippen molar-refractivity contribution in [3.63, 3.8) is 0 Å². The van der Waals surface area contributed by atoms with Crippen molar-refractivity contribution in [2.75, 3.05) is 6.54 Å². The first kappa shape index (κ1) is 8.21. The molecule has 6 heteroatoms. The minimum atomic E-state index is -0.831. The highest BCUT2D eigenvalue weighted by Gasteiger charge is 2.36. The molecule has 0 radical (unpaired) electrons. The molecule has 0 aromatic rings. The van der Waals surface area contributed by atoms with Crippen LogP contribution in [0.5, 0.6) is 0 Å². The Kier molecular flexibility index (Phi) is 1.78. The summed E-state index contributed by atoms with van der Waals surface area (Å²) in [7, 11) is 0. The molecule has 0 amide bonds. The molecule has 68 valence electrons. The highest BCUT2D eigenvalue weighted by Crippen LogP contribution is 2.17. The van der Waals surface area contributed by atoms with Crippen LogP contribution in [0.3, 0.4) is 0 Å². The van der Waals surface area contributed by atoms with Crippen molar-refractivity contribution in [2.24, 2.45) is 31.4 Å². The summed E-state index contributed by atoms with van der Waals surface area (Å²) in [5.41, 5.74) is 11.2. The monoisotopic (exact) mass is 178 g/mol. The smallest absolute Gasteiger partial charge is 0.180 e. The van der Waals surface area contributed by atoms with Crippen molar-refractivity contribution in [1.29, 1.82) is 0 Å². The van der Waals surface area contributed by atoms with E-state index in [0.29, 0.717) is 24.5 Å². The molecular weight excluding hydrogens is 168 g/mol. The minimum absolute atomic E-state index is 0.458. The predicted molar refractivity (Wildman–Crippen MR) is 52.4 cm³/mol. The van der Waals surface area contributed by atoms with E-state index in [1.54, 1.807) is 0 Å². The lowest BCUT2D eigenvalue weighted by atomic mass is 10.00. The molecule has 1 atom stereocenters. The van der Waals surface area contributed by atoms with Crippen molar-refractivity contribution in [2.45, 2.75) is 12.1 Å². The van der Waals surface area contributed by atoms with E-state index in [0.717, 1.165) is 0 Å². The molecule has 2 rings (SSSR count). The van der Waals surface area contributed by atoms with Crippen molar-refractivity contribution < 1.29 is 0 Å². The quantitative estimate of drug-likeness (QED) is 0.561. The van der Waals surface area contributed by atoms with E-state index in [-0.39, 0.29) is 0 Å². The molecule has 0 bridgehead atoms. The van der Waals surface area contributed by atoms with Gasteiger partial charge in [-0.25, -0.2) is 20.0 Å². The third-order valence-corrected chi connectivity index (χ3v) is 1.98. The summed E-state index contributed by atoms with van der Waals surface area (Å²) in [6.45, 7) is 0.458. The zero-order chi connectivity index (χ0) is 9.31. The summed E-state index contributed by atoms with van der Waals surface area (Å²) in [4.78, 5) is 16.0. The Balaban J connectivity index is 2.34. The molecule has 2 aliphatic rings. The van der Waals surface area contributed by atoms with Crippen LogP contribution in [0.25, 0.3) is 0 Å². The van der Waals surface area contributed by atoms with Gasteiger partial charge in [-0.15, -0.1) is 0 Å². The zero-order valence-corrected chi connectivity index (χ0v) is 7.01. The van der Waals surface area contributed by atoms with E-state index in [1.165, 1.54) is 12.7 Å². The average Bonchev–Trinajstić information content (AvgIpc) is 2.54. The van der Waals surface area contributed by atoms with Crippen LogP contribution >= 0.6 is 0 Å². The van der Waals surface area contributed by atoms with Crippen LogP contribution < -0.4 is 11.5 Å². The van der Waals surface area contributed by atoms with Gasteiger partial charge in [-0.05, 0) is 6.54 Å². The van der Waals surface area contributed by atoms with E-state index < -0.39 is 5.66 Å². The molecule has 0 fully saturated rings. The second kappa shape index (κ2) is 2.82. The van der Waals surface area contributed by atoms with E-state index in [2.05, 4.69) is 20.0 Å². The van der Waals surface area contributed by atoms with E-state index in [9.17, 15) is 0 Å².